The van der Waals surface area contributed by atoms with Crippen molar-refractivity contribution >= 4 is 28.0 Å². The van der Waals surface area contributed by atoms with Crippen LogP contribution in [0.25, 0.3) is 33.2 Å². The zero-order valence-electron chi connectivity index (χ0n) is 17.0. The minimum atomic E-state index is -2.50. The molecule has 1 fully saturated rings. The second kappa shape index (κ2) is 7.52. The van der Waals surface area contributed by atoms with Gasteiger partial charge in [0.25, 0.3) is 6.43 Å². The fraction of sp³-hybridized carbons (Fsp3) is 0.429. The van der Waals surface area contributed by atoms with Crippen LogP contribution in [0.15, 0.2) is 30.6 Å². The third-order valence-corrected chi connectivity index (χ3v) is 5.96. The Morgan fingerprint density at radius 2 is 2.13 bits per heavy atom. The Balaban J connectivity index is 1.41. The van der Waals surface area contributed by atoms with Gasteiger partial charge in [0.15, 0.2) is 0 Å². The Kier molecular flexibility index (Phi) is 4.81. The lowest BCUT2D eigenvalue weighted by molar-refractivity contribution is 0.0195. The van der Waals surface area contributed by atoms with Crippen molar-refractivity contribution in [2.75, 3.05) is 5.32 Å². The number of hydrogen-bond donors (Lipinski definition) is 3. The van der Waals surface area contributed by atoms with Crippen molar-refractivity contribution in [3.63, 3.8) is 0 Å². The third kappa shape index (κ3) is 3.95. The lowest BCUT2D eigenvalue weighted by Crippen LogP contribution is -2.36. The number of aromatic nitrogens is 6. The van der Waals surface area contributed by atoms with E-state index in [-0.39, 0.29) is 6.04 Å². The van der Waals surface area contributed by atoms with E-state index in [1.807, 2.05) is 19.2 Å². The number of anilines is 1. The molecule has 31 heavy (non-hydrogen) atoms. The van der Waals surface area contributed by atoms with Gasteiger partial charge >= 0.3 is 0 Å². The van der Waals surface area contributed by atoms with Crippen LogP contribution in [0.4, 0.5) is 14.7 Å². The number of alkyl halides is 2. The van der Waals surface area contributed by atoms with E-state index in [9.17, 15) is 13.9 Å². The number of nitrogens with zero attached hydrogens (tertiary/aromatic N) is 5. The molecule has 0 unspecified atom stereocenters. The first-order valence-electron chi connectivity index (χ1n) is 10.3. The third-order valence-electron chi connectivity index (χ3n) is 5.96. The highest BCUT2D eigenvalue weighted by molar-refractivity contribution is 5.95. The smallest absolute Gasteiger partial charge is 0.258 e. The molecule has 1 aromatic carbocycles. The van der Waals surface area contributed by atoms with Crippen LogP contribution in [-0.4, -0.2) is 53.1 Å². The summed E-state index contributed by atoms with van der Waals surface area (Å²) in [5.41, 5.74) is 2.95. The highest BCUT2D eigenvalue weighted by Gasteiger charge is 2.29. The minimum Gasteiger partial charge on any atom is -0.390 e. The van der Waals surface area contributed by atoms with Gasteiger partial charge in [0.1, 0.15) is 17.7 Å². The molecular formula is C21H23F2N7O. The quantitative estimate of drug-likeness (QED) is 0.448. The van der Waals surface area contributed by atoms with E-state index < -0.39 is 18.6 Å². The fourth-order valence-electron chi connectivity index (χ4n) is 4.18. The topological polar surface area (TPSA) is 105 Å². The first-order chi connectivity index (χ1) is 14.9. The second-order valence-electron chi connectivity index (χ2n) is 8.44. The van der Waals surface area contributed by atoms with Crippen molar-refractivity contribution < 1.29 is 13.9 Å². The van der Waals surface area contributed by atoms with E-state index in [4.69, 9.17) is 0 Å². The first kappa shape index (κ1) is 19.8. The van der Waals surface area contributed by atoms with Crippen LogP contribution in [0.1, 0.15) is 32.6 Å². The molecule has 0 spiro atoms. The molecule has 1 aliphatic rings. The minimum absolute atomic E-state index is 0.233. The van der Waals surface area contributed by atoms with E-state index in [1.165, 1.54) is 4.68 Å². The van der Waals surface area contributed by atoms with Gasteiger partial charge in [-0.3, -0.25) is 0 Å². The Morgan fingerprint density at radius 3 is 2.90 bits per heavy atom. The monoisotopic (exact) mass is 427 g/mol. The van der Waals surface area contributed by atoms with Crippen molar-refractivity contribution in [2.45, 2.75) is 57.2 Å². The van der Waals surface area contributed by atoms with E-state index in [2.05, 4.69) is 30.6 Å². The summed E-state index contributed by atoms with van der Waals surface area (Å²) in [4.78, 5) is 12.2. The number of H-pyrrole nitrogens is 1. The number of benzene rings is 1. The zero-order valence-corrected chi connectivity index (χ0v) is 17.0. The van der Waals surface area contributed by atoms with Crippen LogP contribution in [0, 0.1) is 0 Å². The maximum atomic E-state index is 12.8. The van der Waals surface area contributed by atoms with Crippen LogP contribution >= 0.6 is 0 Å². The molecule has 0 radical (unpaired) electrons. The van der Waals surface area contributed by atoms with Crippen LogP contribution in [0.3, 0.4) is 0 Å². The zero-order chi connectivity index (χ0) is 21.6. The van der Waals surface area contributed by atoms with Crippen molar-refractivity contribution in [3.8, 4) is 11.1 Å². The highest BCUT2D eigenvalue weighted by Crippen LogP contribution is 2.31. The summed E-state index contributed by atoms with van der Waals surface area (Å²) in [5.74, 6) is 0.544. The summed E-state index contributed by atoms with van der Waals surface area (Å²) < 4.78 is 26.9. The Labute approximate surface area is 176 Å². The van der Waals surface area contributed by atoms with Crippen LogP contribution in [0.2, 0.25) is 0 Å². The number of fused-ring (bicyclic) bond motifs is 2. The normalized spacial score (nSPS) is 21.9. The van der Waals surface area contributed by atoms with Gasteiger partial charge in [0.2, 0.25) is 5.95 Å². The molecule has 3 heterocycles. The van der Waals surface area contributed by atoms with E-state index in [0.717, 1.165) is 42.2 Å². The standard InChI is InChI=1S/C21H23F2N7O/c1-21(31)6-4-13(5-7-21)26-20-25-10-15-14(9-24-19(15)27-20)12-2-3-16-17(8-12)30(29-28-16)11-18(22)23/h2-3,8-10,13,18,31H,4-7,11H2,1H3,(H2,24,25,26,27). The number of nitrogens with one attached hydrogen (secondary N) is 2. The van der Waals surface area contributed by atoms with Gasteiger partial charge in [-0.25, -0.2) is 18.4 Å². The molecule has 1 aliphatic carbocycles. The van der Waals surface area contributed by atoms with Crippen molar-refractivity contribution in [1.29, 1.82) is 0 Å². The van der Waals surface area contributed by atoms with Crippen LogP contribution in [-0.2, 0) is 6.54 Å². The molecule has 0 amide bonds. The number of hydrogen-bond acceptors (Lipinski definition) is 6. The molecule has 3 N–H and O–H groups in total. The van der Waals surface area contributed by atoms with Gasteiger partial charge in [-0.2, -0.15) is 4.98 Å². The van der Waals surface area contributed by atoms with Crippen molar-refractivity contribution in [1.82, 2.24) is 29.9 Å². The SMILES string of the molecule is CC1(O)CCC(Nc2ncc3c(-c4ccc5nnn(CC(F)F)c5c4)c[nH]c3n2)CC1. The van der Waals surface area contributed by atoms with Crippen molar-refractivity contribution in [2.24, 2.45) is 0 Å². The summed E-state index contributed by atoms with van der Waals surface area (Å²) in [7, 11) is 0. The predicted octanol–water partition coefficient (Wildman–Crippen LogP) is 3.74. The molecule has 162 valence electrons. The van der Waals surface area contributed by atoms with E-state index in [0.29, 0.717) is 22.6 Å². The molecule has 8 nitrogen and oxygen atoms in total. The Hall–Kier alpha value is -3.14. The molecule has 10 heteroatoms. The molecule has 5 rings (SSSR count). The summed E-state index contributed by atoms with van der Waals surface area (Å²) in [6.07, 6.45) is 4.32. The molecule has 3 aromatic heterocycles. The molecular weight excluding hydrogens is 404 g/mol. The largest absolute Gasteiger partial charge is 0.390 e. The summed E-state index contributed by atoms with van der Waals surface area (Å²) in [6, 6.07) is 5.69. The highest BCUT2D eigenvalue weighted by atomic mass is 19.3. The number of aromatic amines is 1. The van der Waals surface area contributed by atoms with E-state index >= 15 is 0 Å². The van der Waals surface area contributed by atoms with Gasteiger partial charge in [-0.15, -0.1) is 5.10 Å². The maximum Gasteiger partial charge on any atom is 0.258 e. The van der Waals surface area contributed by atoms with Crippen molar-refractivity contribution in [3.05, 3.63) is 30.6 Å². The van der Waals surface area contributed by atoms with Crippen LogP contribution < -0.4 is 5.32 Å². The fourth-order valence-corrected chi connectivity index (χ4v) is 4.18. The van der Waals surface area contributed by atoms with Gasteiger partial charge in [-0.05, 0) is 50.3 Å². The lowest BCUT2D eigenvalue weighted by Gasteiger charge is -2.33. The van der Waals surface area contributed by atoms with E-state index in [1.54, 1.807) is 18.3 Å². The molecule has 4 aromatic rings. The average molecular weight is 427 g/mol. The first-order valence-corrected chi connectivity index (χ1v) is 10.3. The van der Waals surface area contributed by atoms with Gasteiger partial charge in [0, 0.05) is 29.4 Å². The second-order valence-corrected chi connectivity index (χ2v) is 8.44. The van der Waals surface area contributed by atoms with Gasteiger partial charge in [0.05, 0.1) is 11.1 Å². The maximum absolute atomic E-state index is 12.8. The molecule has 1 saturated carbocycles. The predicted molar refractivity (Wildman–Crippen MR) is 113 cm³/mol. The number of aliphatic hydroxyl groups is 1. The molecule has 0 bridgehead atoms. The lowest BCUT2D eigenvalue weighted by atomic mass is 9.84. The molecule has 0 saturated heterocycles. The molecule has 0 aliphatic heterocycles. The average Bonchev–Trinajstić information content (AvgIpc) is 3.33. The van der Waals surface area contributed by atoms with Gasteiger partial charge < -0.3 is 15.4 Å². The number of rotatable bonds is 5. The summed E-state index contributed by atoms with van der Waals surface area (Å²) in [6.45, 7) is 1.38. The van der Waals surface area contributed by atoms with Gasteiger partial charge in [-0.1, -0.05) is 11.3 Å². The van der Waals surface area contributed by atoms with Crippen LogP contribution in [0.5, 0.6) is 0 Å². The Morgan fingerprint density at radius 1 is 1.32 bits per heavy atom. The summed E-state index contributed by atoms with van der Waals surface area (Å²) >= 11 is 0. The molecule has 0 atom stereocenters. The summed E-state index contributed by atoms with van der Waals surface area (Å²) in [5, 5.41) is 22.1. The number of halogens is 2. The Bertz CT molecular complexity index is 1220.